The van der Waals surface area contributed by atoms with Gasteiger partial charge in [-0.15, -0.1) is 0 Å². The van der Waals surface area contributed by atoms with Crippen molar-refractivity contribution >= 4 is 22.5 Å². The Labute approximate surface area is 204 Å². The first kappa shape index (κ1) is 21.5. The Kier molecular flexibility index (Phi) is 5.48. The highest BCUT2D eigenvalue weighted by atomic mass is 35.5. The fourth-order valence-electron chi connectivity index (χ4n) is 5.60. The van der Waals surface area contributed by atoms with E-state index in [4.69, 9.17) is 21.1 Å². The summed E-state index contributed by atoms with van der Waals surface area (Å²) < 4.78 is 13.9. The van der Waals surface area contributed by atoms with Gasteiger partial charge in [-0.25, -0.2) is 0 Å². The van der Waals surface area contributed by atoms with E-state index >= 15 is 0 Å². The Hall–Kier alpha value is -2.99. The molecule has 0 radical (unpaired) electrons. The lowest BCUT2D eigenvalue weighted by Crippen LogP contribution is -2.39. The summed E-state index contributed by atoms with van der Waals surface area (Å²) in [6.07, 6.45) is 1.85. The smallest absolute Gasteiger partial charge is 0.161 e. The highest BCUT2D eigenvalue weighted by Crippen LogP contribution is 2.45. The molecule has 2 aliphatic heterocycles. The van der Waals surface area contributed by atoms with E-state index in [1.165, 1.54) is 27.8 Å². The van der Waals surface area contributed by atoms with Crippen molar-refractivity contribution in [2.24, 2.45) is 0 Å². The van der Waals surface area contributed by atoms with Crippen LogP contribution < -0.4 is 9.47 Å². The maximum Gasteiger partial charge on any atom is 0.161 e. The molecular weight excluding hydrogens is 448 g/mol. The summed E-state index contributed by atoms with van der Waals surface area (Å²) in [7, 11) is 1.70. The normalized spacial score (nSPS) is 17.2. The quantitative estimate of drug-likeness (QED) is 0.415. The van der Waals surface area contributed by atoms with Gasteiger partial charge in [0.15, 0.2) is 11.5 Å². The molecule has 3 heterocycles. The second kappa shape index (κ2) is 8.66. The minimum atomic E-state index is -0.0444. The third kappa shape index (κ3) is 3.56. The average molecular weight is 475 g/mol. The summed E-state index contributed by atoms with van der Waals surface area (Å²) in [6.45, 7) is 2.24. The number of nitrogens with zero attached hydrogens (tertiary/aromatic N) is 2. The molecule has 1 N–H and O–H groups in total. The molecule has 0 saturated heterocycles. The number of rotatable bonds is 5. The number of fused-ring (bicyclic) bond motifs is 6. The molecule has 34 heavy (non-hydrogen) atoms. The van der Waals surface area contributed by atoms with Crippen LogP contribution in [0.1, 0.15) is 34.0 Å². The predicted octanol–water partition coefficient (Wildman–Crippen LogP) is 5.49. The number of methoxy groups -OCH3 is 1. The molecule has 174 valence electrons. The van der Waals surface area contributed by atoms with E-state index in [1.807, 2.05) is 34.9 Å². The topological polar surface area (TPSA) is 46.9 Å². The molecule has 1 aromatic heterocycles. The third-order valence-electron chi connectivity index (χ3n) is 7.27. The number of aliphatic hydroxyl groups excluding tert-OH is 1. The Bertz CT molecular complexity index is 1370. The van der Waals surface area contributed by atoms with Gasteiger partial charge in [-0.2, -0.15) is 0 Å². The van der Waals surface area contributed by atoms with Crippen molar-refractivity contribution < 1.29 is 14.6 Å². The standard InChI is InChI=1S/C28H27ClN2O3/c1-33-27-14-22-19(11-28(27)34-16-18-5-3-2-4-6-18)9-10-30-15-26-23(13-24(22)30)21-8-7-20(29)12-25(21)31(26)17-32/h2-8,11-12,14,24,32H,9-10,13,15-17H2,1H3. The molecule has 0 bridgehead atoms. The molecule has 1 atom stereocenters. The summed E-state index contributed by atoms with van der Waals surface area (Å²) in [6, 6.07) is 20.8. The lowest BCUT2D eigenvalue weighted by Gasteiger charge is -2.41. The van der Waals surface area contributed by atoms with Gasteiger partial charge in [0.2, 0.25) is 0 Å². The molecule has 2 aliphatic rings. The first-order chi connectivity index (χ1) is 16.7. The first-order valence-corrected chi connectivity index (χ1v) is 12.1. The van der Waals surface area contributed by atoms with Crippen LogP contribution in [-0.2, 0) is 32.7 Å². The lowest BCUT2D eigenvalue weighted by molar-refractivity contribution is 0.145. The van der Waals surface area contributed by atoms with Crippen LogP contribution in [0, 0.1) is 0 Å². The van der Waals surface area contributed by atoms with Crippen molar-refractivity contribution in [2.45, 2.75) is 38.8 Å². The van der Waals surface area contributed by atoms with Crippen LogP contribution in [0.3, 0.4) is 0 Å². The van der Waals surface area contributed by atoms with E-state index in [0.29, 0.717) is 11.6 Å². The summed E-state index contributed by atoms with van der Waals surface area (Å²) in [5.41, 5.74) is 7.26. The summed E-state index contributed by atoms with van der Waals surface area (Å²) in [4.78, 5) is 2.52. The highest BCUT2D eigenvalue weighted by Gasteiger charge is 2.36. The maximum absolute atomic E-state index is 10.1. The van der Waals surface area contributed by atoms with E-state index < -0.39 is 0 Å². The Morgan fingerprint density at radius 3 is 2.71 bits per heavy atom. The minimum absolute atomic E-state index is 0.0444. The maximum atomic E-state index is 10.1. The number of hydrogen-bond donors (Lipinski definition) is 1. The molecule has 3 aromatic carbocycles. The molecule has 6 rings (SSSR count). The predicted molar refractivity (Wildman–Crippen MR) is 133 cm³/mol. The largest absolute Gasteiger partial charge is 0.493 e. The molecule has 6 heteroatoms. The van der Waals surface area contributed by atoms with Crippen molar-refractivity contribution in [1.29, 1.82) is 0 Å². The van der Waals surface area contributed by atoms with Gasteiger partial charge in [0.05, 0.1) is 12.6 Å². The van der Waals surface area contributed by atoms with Gasteiger partial charge >= 0.3 is 0 Å². The first-order valence-electron chi connectivity index (χ1n) is 11.7. The fraction of sp³-hybridized carbons (Fsp3) is 0.286. The number of benzene rings is 3. The summed E-state index contributed by atoms with van der Waals surface area (Å²) in [5.74, 6) is 1.56. The molecule has 1 unspecified atom stereocenters. The zero-order valence-corrected chi connectivity index (χ0v) is 19.9. The summed E-state index contributed by atoms with van der Waals surface area (Å²) >= 11 is 6.28. The number of ether oxygens (including phenoxy) is 2. The molecule has 0 aliphatic carbocycles. The minimum Gasteiger partial charge on any atom is -0.493 e. The molecule has 0 spiro atoms. The van der Waals surface area contributed by atoms with Crippen LogP contribution in [-0.4, -0.2) is 28.2 Å². The Balaban J connectivity index is 1.36. The van der Waals surface area contributed by atoms with Gasteiger partial charge < -0.3 is 19.1 Å². The van der Waals surface area contributed by atoms with Crippen LogP contribution in [0.25, 0.3) is 10.9 Å². The van der Waals surface area contributed by atoms with Crippen LogP contribution in [0.15, 0.2) is 60.7 Å². The van der Waals surface area contributed by atoms with Crippen molar-refractivity contribution in [2.75, 3.05) is 13.7 Å². The Morgan fingerprint density at radius 2 is 1.91 bits per heavy atom. The molecule has 4 aromatic rings. The van der Waals surface area contributed by atoms with E-state index in [0.717, 1.165) is 48.5 Å². The van der Waals surface area contributed by atoms with E-state index in [2.05, 4.69) is 35.2 Å². The van der Waals surface area contributed by atoms with E-state index in [-0.39, 0.29) is 12.8 Å². The number of halogens is 1. The van der Waals surface area contributed by atoms with Crippen molar-refractivity contribution in [1.82, 2.24) is 9.47 Å². The molecule has 5 nitrogen and oxygen atoms in total. The fourth-order valence-corrected chi connectivity index (χ4v) is 5.77. The van der Waals surface area contributed by atoms with Crippen molar-refractivity contribution in [3.8, 4) is 11.5 Å². The second-order valence-electron chi connectivity index (χ2n) is 9.07. The van der Waals surface area contributed by atoms with Gasteiger partial charge in [-0.1, -0.05) is 48.0 Å². The monoisotopic (exact) mass is 474 g/mol. The van der Waals surface area contributed by atoms with Gasteiger partial charge in [-0.3, -0.25) is 4.90 Å². The van der Waals surface area contributed by atoms with Crippen molar-refractivity contribution in [3.63, 3.8) is 0 Å². The zero-order chi connectivity index (χ0) is 23.2. The molecule has 0 saturated carbocycles. The zero-order valence-electron chi connectivity index (χ0n) is 19.1. The Morgan fingerprint density at radius 1 is 1.06 bits per heavy atom. The molecular formula is C28H27ClN2O3. The van der Waals surface area contributed by atoms with Gasteiger partial charge in [-0.05, 0) is 59.4 Å². The molecule has 0 amide bonds. The SMILES string of the molecule is COc1cc2c(cc1OCc1ccccc1)CCN1Cc3c(c4ccc(Cl)cc4n3CO)CC21. The summed E-state index contributed by atoms with van der Waals surface area (Å²) in [5, 5.41) is 12.0. The van der Waals surface area contributed by atoms with Crippen LogP contribution in [0.5, 0.6) is 11.5 Å². The van der Waals surface area contributed by atoms with Gasteiger partial charge in [0, 0.05) is 35.2 Å². The van der Waals surface area contributed by atoms with Crippen LogP contribution >= 0.6 is 11.6 Å². The number of hydrogen-bond acceptors (Lipinski definition) is 4. The van der Waals surface area contributed by atoms with Crippen molar-refractivity contribution in [3.05, 3.63) is 93.6 Å². The van der Waals surface area contributed by atoms with E-state index in [9.17, 15) is 5.11 Å². The van der Waals surface area contributed by atoms with Crippen LogP contribution in [0.2, 0.25) is 5.02 Å². The highest BCUT2D eigenvalue weighted by molar-refractivity contribution is 6.31. The number of aromatic nitrogens is 1. The van der Waals surface area contributed by atoms with Crippen LogP contribution in [0.4, 0.5) is 0 Å². The average Bonchev–Trinajstić information content (AvgIpc) is 3.17. The lowest BCUT2D eigenvalue weighted by atomic mass is 9.85. The van der Waals surface area contributed by atoms with Gasteiger partial charge in [0.1, 0.15) is 13.3 Å². The molecule has 0 fully saturated rings. The van der Waals surface area contributed by atoms with Gasteiger partial charge in [0.25, 0.3) is 0 Å². The second-order valence-corrected chi connectivity index (χ2v) is 9.51. The third-order valence-corrected chi connectivity index (χ3v) is 7.51. The number of aliphatic hydroxyl groups is 1. The van der Waals surface area contributed by atoms with E-state index in [1.54, 1.807) is 7.11 Å².